The summed E-state index contributed by atoms with van der Waals surface area (Å²) in [4.78, 5) is 25.8. The third kappa shape index (κ3) is 3.38. The molecule has 3 rings (SSSR count). The van der Waals surface area contributed by atoms with Gasteiger partial charge in [0.15, 0.2) is 0 Å². The van der Waals surface area contributed by atoms with Crippen molar-refractivity contribution in [2.75, 3.05) is 0 Å². The van der Waals surface area contributed by atoms with Gasteiger partial charge in [-0.3, -0.25) is 9.59 Å². The van der Waals surface area contributed by atoms with E-state index in [1.165, 1.54) is 9.13 Å². The first-order valence-corrected chi connectivity index (χ1v) is 8.25. The topological polar surface area (TPSA) is 44.0 Å². The van der Waals surface area contributed by atoms with Crippen molar-refractivity contribution in [1.29, 1.82) is 0 Å². The van der Waals surface area contributed by atoms with Crippen LogP contribution in [0.25, 0.3) is 12.2 Å². The average molecular weight is 332 g/mol. The van der Waals surface area contributed by atoms with Gasteiger partial charge in [-0.1, -0.05) is 60.7 Å². The predicted octanol–water partition coefficient (Wildman–Crippen LogP) is 1.22. The smallest absolute Gasteiger partial charge is 0.275 e. The lowest BCUT2D eigenvalue weighted by molar-refractivity contribution is 0.637. The van der Waals surface area contributed by atoms with Gasteiger partial charge in [-0.15, -0.1) is 0 Å². The Balaban J connectivity index is 2.36. The predicted molar refractivity (Wildman–Crippen MR) is 101 cm³/mol. The number of benzene rings is 2. The Bertz CT molecular complexity index is 1110. The van der Waals surface area contributed by atoms with Gasteiger partial charge in [0.1, 0.15) is 10.7 Å². The molecule has 0 saturated carbocycles. The highest BCUT2D eigenvalue weighted by Crippen LogP contribution is 1.98. The van der Waals surface area contributed by atoms with Gasteiger partial charge in [-0.2, -0.15) is 0 Å². The zero-order valence-corrected chi connectivity index (χ0v) is 14.3. The monoisotopic (exact) mass is 332 g/mol. The van der Waals surface area contributed by atoms with Gasteiger partial charge in [-0.25, -0.2) is 0 Å². The van der Waals surface area contributed by atoms with Crippen LogP contribution < -0.4 is 21.8 Å². The van der Waals surface area contributed by atoms with E-state index in [0.717, 1.165) is 11.1 Å². The molecule has 1 aromatic heterocycles. The first kappa shape index (κ1) is 16.7. The second kappa shape index (κ2) is 7.18. The molecule has 0 aliphatic rings. The molecule has 1 heterocycles. The van der Waals surface area contributed by atoms with Crippen LogP contribution in [0.15, 0.2) is 70.3 Å². The van der Waals surface area contributed by atoms with Gasteiger partial charge < -0.3 is 9.13 Å². The fourth-order valence-corrected chi connectivity index (χ4v) is 2.81. The van der Waals surface area contributed by atoms with Crippen LogP contribution in [0.2, 0.25) is 0 Å². The summed E-state index contributed by atoms with van der Waals surface area (Å²) < 4.78 is 2.96. The van der Waals surface area contributed by atoms with Crippen molar-refractivity contribution in [2.24, 2.45) is 7.05 Å². The largest absolute Gasteiger partial charge is 0.305 e. The molecule has 0 spiro atoms. The molecule has 0 amide bonds. The summed E-state index contributed by atoms with van der Waals surface area (Å²) in [5, 5.41) is 0.773. The summed E-state index contributed by atoms with van der Waals surface area (Å²) in [6.45, 7) is 2.30. The highest BCUT2D eigenvalue weighted by atomic mass is 16.1. The number of hydrogen-bond donors (Lipinski definition) is 0. The first-order chi connectivity index (χ1) is 12.1. The van der Waals surface area contributed by atoms with Crippen LogP contribution in [0.4, 0.5) is 0 Å². The van der Waals surface area contributed by atoms with Crippen LogP contribution in [0.3, 0.4) is 0 Å². The fraction of sp³-hybridized carbons (Fsp3) is 0.143. The molecule has 0 aliphatic heterocycles. The molecular formula is C21H20N2O2. The number of rotatable bonds is 3. The van der Waals surface area contributed by atoms with E-state index in [2.05, 4.69) is 0 Å². The van der Waals surface area contributed by atoms with E-state index >= 15 is 0 Å². The molecule has 0 saturated heterocycles. The zero-order valence-electron chi connectivity index (χ0n) is 14.3. The lowest BCUT2D eigenvalue weighted by Crippen LogP contribution is -2.57. The van der Waals surface area contributed by atoms with Gasteiger partial charge in [-0.05, 0) is 30.2 Å². The van der Waals surface area contributed by atoms with Crippen molar-refractivity contribution in [3.8, 4) is 0 Å². The molecule has 4 nitrogen and oxygen atoms in total. The summed E-state index contributed by atoms with van der Waals surface area (Å²) in [7, 11) is 1.64. The molecule has 0 unspecified atom stereocenters. The van der Waals surface area contributed by atoms with Crippen molar-refractivity contribution in [1.82, 2.24) is 9.13 Å². The molecule has 25 heavy (non-hydrogen) atoms. The molecule has 3 aromatic rings. The van der Waals surface area contributed by atoms with E-state index in [1.807, 2.05) is 67.6 Å². The standard InChI is InChI=1S/C21H20N2O2/c1-3-23-19(15-17-12-8-5-9-13-17)20(24)22(2)18(21(23)25)14-16-10-6-4-7-11-16/h4-15H,3H2,1-2H3. The average Bonchev–Trinajstić information content (AvgIpc) is 2.65. The minimum absolute atomic E-state index is 0.171. The fourth-order valence-electron chi connectivity index (χ4n) is 2.81. The van der Waals surface area contributed by atoms with Crippen molar-refractivity contribution >= 4 is 12.2 Å². The van der Waals surface area contributed by atoms with Crippen LogP contribution in [-0.2, 0) is 13.6 Å². The molecule has 0 aliphatic carbocycles. The van der Waals surface area contributed by atoms with E-state index in [-0.39, 0.29) is 11.1 Å². The van der Waals surface area contributed by atoms with E-state index in [4.69, 9.17) is 0 Å². The highest BCUT2D eigenvalue weighted by molar-refractivity contribution is 5.49. The molecule has 4 heteroatoms. The summed E-state index contributed by atoms with van der Waals surface area (Å²) in [6.07, 6.45) is 3.52. The van der Waals surface area contributed by atoms with Gasteiger partial charge >= 0.3 is 0 Å². The highest BCUT2D eigenvalue weighted by Gasteiger charge is 2.07. The Kier molecular flexibility index (Phi) is 4.80. The number of aromatic nitrogens is 2. The maximum absolute atomic E-state index is 12.9. The Morgan fingerprint density at radius 2 is 1.24 bits per heavy atom. The van der Waals surface area contributed by atoms with Crippen LogP contribution >= 0.6 is 0 Å². The molecule has 0 N–H and O–H groups in total. The van der Waals surface area contributed by atoms with E-state index < -0.39 is 0 Å². The van der Waals surface area contributed by atoms with Crippen LogP contribution in [0.1, 0.15) is 18.1 Å². The Morgan fingerprint density at radius 1 is 0.760 bits per heavy atom. The number of nitrogens with zero attached hydrogens (tertiary/aromatic N) is 2. The van der Waals surface area contributed by atoms with Crippen molar-refractivity contribution < 1.29 is 0 Å². The Morgan fingerprint density at radius 3 is 1.72 bits per heavy atom. The van der Waals surface area contributed by atoms with Gasteiger partial charge in [0.25, 0.3) is 11.1 Å². The lowest BCUT2D eigenvalue weighted by atomic mass is 10.2. The third-order valence-electron chi connectivity index (χ3n) is 4.16. The quantitative estimate of drug-likeness (QED) is 0.724. The third-order valence-corrected chi connectivity index (χ3v) is 4.16. The molecule has 0 radical (unpaired) electrons. The molecule has 126 valence electrons. The Hall–Kier alpha value is -3.14. The Labute approximate surface area is 145 Å². The summed E-state index contributed by atoms with van der Waals surface area (Å²) in [5.74, 6) is 0. The van der Waals surface area contributed by atoms with Gasteiger partial charge in [0.2, 0.25) is 0 Å². The van der Waals surface area contributed by atoms with Crippen LogP contribution in [-0.4, -0.2) is 9.13 Å². The maximum Gasteiger partial charge on any atom is 0.275 e. The minimum Gasteiger partial charge on any atom is -0.305 e. The first-order valence-electron chi connectivity index (χ1n) is 8.25. The summed E-state index contributed by atoms with van der Waals surface area (Å²) in [5.41, 5.74) is 1.42. The lowest BCUT2D eigenvalue weighted by Gasteiger charge is -2.07. The second-order valence-corrected chi connectivity index (χ2v) is 5.79. The van der Waals surface area contributed by atoms with Crippen molar-refractivity contribution in [3.05, 3.63) is 103 Å². The maximum atomic E-state index is 12.9. The summed E-state index contributed by atoms with van der Waals surface area (Å²) >= 11 is 0. The molecule has 0 fully saturated rings. The summed E-state index contributed by atoms with van der Waals surface area (Å²) in [6, 6.07) is 19.1. The van der Waals surface area contributed by atoms with E-state index in [9.17, 15) is 9.59 Å². The minimum atomic E-state index is -0.188. The molecule has 0 atom stereocenters. The normalized spacial score (nSPS) is 12.6. The van der Waals surface area contributed by atoms with Crippen molar-refractivity contribution in [2.45, 2.75) is 13.5 Å². The molecule has 0 bridgehead atoms. The van der Waals surface area contributed by atoms with E-state index in [1.54, 1.807) is 19.2 Å². The SMILES string of the molecule is CCn1c(=O)c(=Cc2ccccc2)n(C)c(=O)c1=Cc1ccccc1. The van der Waals surface area contributed by atoms with Crippen LogP contribution in [0, 0.1) is 0 Å². The van der Waals surface area contributed by atoms with Crippen molar-refractivity contribution in [3.63, 3.8) is 0 Å². The second-order valence-electron chi connectivity index (χ2n) is 5.79. The van der Waals surface area contributed by atoms with Crippen LogP contribution in [0.5, 0.6) is 0 Å². The number of hydrogen-bond acceptors (Lipinski definition) is 2. The van der Waals surface area contributed by atoms with Gasteiger partial charge in [0.05, 0.1) is 0 Å². The van der Waals surface area contributed by atoms with E-state index in [0.29, 0.717) is 17.2 Å². The van der Waals surface area contributed by atoms with Gasteiger partial charge in [0, 0.05) is 13.6 Å². The zero-order chi connectivity index (χ0) is 17.8. The molecular weight excluding hydrogens is 312 g/mol. The molecule has 2 aromatic carbocycles.